The Morgan fingerprint density at radius 3 is 2.14 bits per heavy atom. The van der Waals surface area contributed by atoms with Crippen LogP contribution in [0, 0.1) is 0 Å². The molecule has 7 heteroatoms. The zero-order valence-corrected chi connectivity index (χ0v) is 22.4. The van der Waals surface area contributed by atoms with Gasteiger partial charge >= 0.3 is 0 Å². The van der Waals surface area contributed by atoms with Crippen molar-refractivity contribution in [1.29, 1.82) is 0 Å². The topological polar surface area (TPSA) is 78.5 Å². The van der Waals surface area contributed by atoms with E-state index in [1.54, 1.807) is 12.1 Å². The second-order valence-corrected chi connectivity index (χ2v) is 10.8. The van der Waals surface area contributed by atoms with E-state index in [-0.39, 0.29) is 24.3 Å². The molecule has 190 valence electrons. The highest BCUT2D eigenvalue weighted by atomic mass is 32.1. The summed E-state index contributed by atoms with van der Waals surface area (Å²) < 4.78 is 0. The summed E-state index contributed by atoms with van der Waals surface area (Å²) in [7, 11) is 0. The van der Waals surface area contributed by atoms with Crippen molar-refractivity contribution >= 4 is 34.7 Å². The van der Waals surface area contributed by atoms with Crippen LogP contribution in [0.2, 0.25) is 0 Å². The van der Waals surface area contributed by atoms with E-state index in [0.717, 1.165) is 12.0 Å². The minimum absolute atomic E-state index is 0.240. The Kier molecular flexibility index (Phi) is 9.04. The van der Waals surface area contributed by atoms with Crippen molar-refractivity contribution in [3.63, 3.8) is 0 Å². The highest BCUT2D eigenvalue weighted by Crippen LogP contribution is 2.30. The fourth-order valence-electron chi connectivity index (χ4n) is 3.86. The lowest BCUT2D eigenvalue weighted by molar-refractivity contribution is -0.127. The Balaban J connectivity index is 2.01. The first-order valence-corrected chi connectivity index (χ1v) is 13.1. The van der Waals surface area contributed by atoms with Gasteiger partial charge in [0.2, 0.25) is 11.8 Å². The summed E-state index contributed by atoms with van der Waals surface area (Å²) in [4.78, 5) is 41.9. The smallest absolute Gasteiger partial charge is 0.261 e. The maximum absolute atomic E-state index is 13.7. The van der Waals surface area contributed by atoms with Gasteiger partial charge in [0, 0.05) is 11.2 Å². The van der Waals surface area contributed by atoms with E-state index >= 15 is 0 Å². The van der Waals surface area contributed by atoms with Crippen LogP contribution in [0.3, 0.4) is 0 Å². The Labute approximate surface area is 217 Å². The van der Waals surface area contributed by atoms with Crippen molar-refractivity contribution in [3.8, 4) is 0 Å². The van der Waals surface area contributed by atoms with Crippen molar-refractivity contribution in [2.75, 3.05) is 11.4 Å². The average molecular weight is 506 g/mol. The summed E-state index contributed by atoms with van der Waals surface area (Å²) in [5, 5.41) is 7.56. The monoisotopic (exact) mass is 505 g/mol. The van der Waals surface area contributed by atoms with Crippen molar-refractivity contribution in [2.45, 2.75) is 58.5 Å². The Morgan fingerprint density at radius 2 is 1.58 bits per heavy atom. The molecular formula is C29H35N3O3S. The molecule has 0 bridgehead atoms. The minimum atomic E-state index is -0.911. The van der Waals surface area contributed by atoms with Gasteiger partial charge in [0.15, 0.2) is 0 Å². The predicted molar refractivity (Wildman–Crippen MR) is 146 cm³/mol. The average Bonchev–Trinajstić information content (AvgIpc) is 3.40. The molecular weight excluding hydrogens is 470 g/mol. The molecule has 36 heavy (non-hydrogen) atoms. The first-order chi connectivity index (χ1) is 17.1. The third-order valence-corrected chi connectivity index (χ3v) is 6.76. The molecule has 2 atom stereocenters. The van der Waals surface area contributed by atoms with E-state index in [0.29, 0.717) is 22.0 Å². The van der Waals surface area contributed by atoms with Gasteiger partial charge in [0.25, 0.3) is 5.91 Å². The second kappa shape index (κ2) is 12.0. The van der Waals surface area contributed by atoms with Gasteiger partial charge in [-0.2, -0.15) is 0 Å². The van der Waals surface area contributed by atoms with E-state index in [4.69, 9.17) is 0 Å². The lowest BCUT2D eigenvalue weighted by Gasteiger charge is -2.34. The van der Waals surface area contributed by atoms with Crippen LogP contribution in [0.25, 0.3) is 0 Å². The predicted octanol–water partition coefficient (Wildman–Crippen LogP) is 5.68. The first-order valence-electron chi connectivity index (χ1n) is 12.2. The highest BCUT2D eigenvalue weighted by Gasteiger charge is 2.34. The number of benzene rings is 2. The van der Waals surface area contributed by atoms with Gasteiger partial charge in [-0.05, 0) is 67.8 Å². The molecule has 0 fully saturated rings. The summed E-state index contributed by atoms with van der Waals surface area (Å²) in [6.07, 6.45) is 0.997. The number of nitrogens with zero attached hydrogens (tertiary/aromatic N) is 1. The first kappa shape index (κ1) is 27.1. The highest BCUT2D eigenvalue weighted by molar-refractivity contribution is 7.12. The Bertz CT molecular complexity index is 1150. The number of hydrogen-bond donors (Lipinski definition) is 2. The van der Waals surface area contributed by atoms with E-state index < -0.39 is 11.6 Å². The molecule has 2 aromatic carbocycles. The number of carbonyl (C=O) groups is 3. The quantitative estimate of drug-likeness (QED) is 0.393. The summed E-state index contributed by atoms with van der Waals surface area (Å²) >= 11 is 1.31. The van der Waals surface area contributed by atoms with Gasteiger partial charge < -0.3 is 10.6 Å². The number of hydrogen-bond acceptors (Lipinski definition) is 4. The van der Waals surface area contributed by atoms with Crippen molar-refractivity contribution in [2.24, 2.45) is 0 Å². The zero-order chi connectivity index (χ0) is 26.3. The molecule has 1 aromatic heterocycles. The lowest BCUT2D eigenvalue weighted by Crippen LogP contribution is -2.51. The largest absolute Gasteiger partial charge is 0.349 e. The van der Waals surface area contributed by atoms with Gasteiger partial charge in [-0.1, -0.05) is 62.4 Å². The molecule has 0 saturated carbocycles. The molecule has 0 spiro atoms. The maximum Gasteiger partial charge on any atom is 0.261 e. The molecule has 0 aliphatic heterocycles. The number of carbonyl (C=O) groups excluding carboxylic acids is 3. The molecule has 0 radical (unpaired) electrons. The molecule has 2 N–H and O–H groups in total. The fraction of sp³-hybridized carbons (Fsp3) is 0.345. The molecule has 0 saturated heterocycles. The fourth-order valence-corrected chi connectivity index (χ4v) is 4.50. The summed E-state index contributed by atoms with van der Waals surface area (Å²) in [6.45, 7) is 9.76. The number of amides is 3. The zero-order valence-electron chi connectivity index (χ0n) is 21.6. The van der Waals surface area contributed by atoms with E-state index in [2.05, 4.69) is 24.5 Å². The number of anilines is 1. The van der Waals surface area contributed by atoms with E-state index in [1.807, 2.05) is 80.7 Å². The van der Waals surface area contributed by atoms with Crippen LogP contribution in [0.4, 0.5) is 5.69 Å². The molecule has 1 heterocycles. The van der Waals surface area contributed by atoms with Crippen LogP contribution in [-0.4, -0.2) is 29.8 Å². The molecule has 3 rings (SSSR count). The summed E-state index contributed by atoms with van der Waals surface area (Å²) in [5.41, 5.74) is 1.95. The molecule has 0 aliphatic carbocycles. The molecule has 3 amide bonds. The molecule has 0 aliphatic rings. The normalized spacial score (nSPS) is 12.9. The van der Waals surface area contributed by atoms with Crippen molar-refractivity contribution in [1.82, 2.24) is 10.6 Å². The van der Waals surface area contributed by atoms with E-state index in [9.17, 15) is 14.4 Å². The molecule has 3 aromatic rings. The second-order valence-electron chi connectivity index (χ2n) is 9.88. The van der Waals surface area contributed by atoms with Crippen molar-refractivity contribution < 1.29 is 14.4 Å². The maximum atomic E-state index is 13.7. The van der Waals surface area contributed by atoms with Gasteiger partial charge in [-0.15, -0.1) is 11.3 Å². The van der Waals surface area contributed by atoms with E-state index in [1.165, 1.54) is 16.2 Å². The Hall–Kier alpha value is -3.45. The minimum Gasteiger partial charge on any atom is -0.349 e. The number of rotatable bonds is 9. The van der Waals surface area contributed by atoms with Crippen LogP contribution in [-0.2, 0) is 9.59 Å². The summed E-state index contributed by atoms with van der Waals surface area (Å²) in [6, 6.07) is 19.6. The Morgan fingerprint density at radius 1 is 0.917 bits per heavy atom. The van der Waals surface area contributed by atoms with Gasteiger partial charge in [-0.3, -0.25) is 19.3 Å². The molecule has 0 unspecified atom stereocenters. The van der Waals surface area contributed by atoms with Crippen molar-refractivity contribution in [3.05, 3.63) is 88.1 Å². The lowest BCUT2D eigenvalue weighted by atomic mass is 9.97. The number of thiophene rings is 1. The van der Waals surface area contributed by atoms with Gasteiger partial charge in [0.1, 0.15) is 6.04 Å². The van der Waals surface area contributed by atoms with Gasteiger partial charge in [-0.25, -0.2) is 0 Å². The van der Waals surface area contributed by atoms with Crippen LogP contribution < -0.4 is 15.5 Å². The van der Waals surface area contributed by atoms with Crippen LogP contribution in [0.1, 0.15) is 73.8 Å². The SMILES string of the molecule is CC[C@@H](C)c1ccc(N(C(=O)CNC(=O)c2cccs2)[C@@H](C(=O)NC(C)(C)C)c2ccccc2)cc1. The van der Waals surface area contributed by atoms with Crippen LogP contribution in [0.15, 0.2) is 72.1 Å². The van der Waals surface area contributed by atoms with Gasteiger partial charge in [0.05, 0.1) is 11.4 Å². The summed E-state index contributed by atoms with van der Waals surface area (Å²) in [5.74, 6) is -0.616. The molecule has 6 nitrogen and oxygen atoms in total. The third-order valence-electron chi connectivity index (χ3n) is 5.89. The third kappa shape index (κ3) is 7.04. The standard InChI is InChI=1S/C29H35N3O3S/c1-6-20(2)21-14-16-23(17-15-21)32(25(33)19-30-27(34)24-13-10-18-36-24)26(22-11-8-7-9-12-22)28(35)31-29(3,4)5/h7-18,20,26H,6,19H2,1-5H3,(H,30,34)(H,31,35)/t20-,26-/m1/s1. The van der Waals surface area contributed by atoms with Crippen LogP contribution in [0.5, 0.6) is 0 Å². The number of nitrogens with one attached hydrogen (secondary N) is 2. The van der Waals surface area contributed by atoms with Crippen LogP contribution >= 0.6 is 11.3 Å².